The van der Waals surface area contributed by atoms with Gasteiger partial charge in [0.05, 0.1) is 32.1 Å². The van der Waals surface area contributed by atoms with Crippen LogP contribution in [0.15, 0.2) is 35.3 Å². The normalized spacial score (nSPS) is 21.8. The minimum absolute atomic E-state index is 0.0437. The van der Waals surface area contributed by atoms with Crippen molar-refractivity contribution in [2.75, 3.05) is 45.2 Å². The molecule has 3 saturated heterocycles. The molecule has 11 heteroatoms. The smallest absolute Gasteiger partial charge is 0.319 e. The highest BCUT2D eigenvalue weighted by Gasteiger charge is 2.44. The fourth-order valence-corrected chi connectivity index (χ4v) is 6.31. The van der Waals surface area contributed by atoms with Crippen molar-refractivity contribution in [2.24, 2.45) is 5.41 Å². The van der Waals surface area contributed by atoms with Gasteiger partial charge < -0.3 is 25.0 Å². The summed E-state index contributed by atoms with van der Waals surface area (Å²) in [7, 11) is 3.77. The van der Waals surface area contributed by atoms with Crippen molar-refractivity contribution in [3.8, 4) is 29.8 Å². The van der Waals surface area contributed by atoms with Crippen LogP contribution < -0.4 is 20.5 Å². The van der Waals surface area contributed by atoms with Crippen molar-refractivity contribution in [1.29, 1.82) is 0 Å². The van der Waals surface area contributed by atoms with E-state index in [9.17, 15) is 14.3 Å². The summed E-state index contributed by atoms with van der Waals surface area (Å²) in [6.45, 7) is -0.215. The van der Waals surface area contributed by atoms with Crippen LogP contribution in [0.5, 0.6) is 11.8 Å². The van der Waals surface area contributed by atoms with Gasteiger partial charge in [0.15, 0.2) is 0 Å². The number of aromatic nitrogens is 4. The van der Waals surface area contributed by atoms with Crippen LogP contribution in [-0.2, 0) is 0 Å². The molecule has 216 valence electrons. The first-order chi connectivity index (χ1) is 21.0. The second-order valence-electron chi connectivity index (χ2n) is 11.8. The molecule has 0 amide bonds. The van der Waals surface area contributed by atoms with E-state index in [2.05, 4.69) is 26.2 Å². The zero-order valence-corrected chi connectivity index (χ0v) is 23.4. The van der Waals surface area contributed by atoms with Crippen LogP contribution in [0.1, 0.15) is 34.0 Å². The van der Waals surface area contributed by atoms with E-state index in [-0.39, 0.29) is 46.0 Å². The second-order valence-corrected chi connectivity index (χ2v) is 11.8. The third-order valence-corrected chi connectivity index (χ3v) is 8.46. The number of aromatic hydroxyl groups is 1. The second kappa shape index (κ2) is 9.93. The fraction of sp³-hybridized carbons (Fsp3) is 0.419. The van der Waals surface area contributed by atoms with E-state index >= 15 is 0 Å². The van der Waals surface area contributed by atoms with Crippen LogP contribution in [0.3, 0.4) is 0 Å². The Bertz CT molecular complexity index is 1910. The molecule has 2 aromatic carbocycles. The number of piperidine rings is 2. The molecule has 2 bridgehead atoms. The SMILES string of the molecule is [2H]C([2H])(Oc1nc(N2CC3CCC2CN3)c2cnn(-c3cc(O)cc4ccc(F)c(C#C)c34)c(=O)c2n1)C1(CN(C)C)CC1. The molecule has 0 spiro atoms. The topological polar surface area (TPSA) is 109 Å². The molecule has 8 rings (SSSR count). The zero-order chi connectivity index (χ0) is 31.0. The highest BCUT2D eigenvalue weighted by molar-refractivity contribution is 5.97. The van der Waals surface area contributed by atoms with Crippen LogP contribution in [0.4, 0.5) is 10.2 Å². The Labute approximate surface area is 244 Å². The number of hydrogen-bond acceptors (Lipinski definition) is 9. The predicted octanol–water partition coefficient (Wildman–Crippen LogP) is 2.82. The Morgan fingerprint density at radius 1 is 1.31 bits per heavy atom. The summed E-state index contributed by atoms with van der Waals surface area (Å²) in [6.07, 6.45) is 10.4. The van der Waals surface area contributed by atoms with E-state index in [0.29, 0.717) is 42.5 Å². The highest BCUT2D eigenvalue weighted by Crippen LogP contribution is 2.46. The number of piperazine rings is 1. The molecule has 42 heavy (non-hydrogen) atoms. The number of anilines is 1. The van der Waals surface area contributed by atoms with Crippen LogP contribution in [0, 0.1) is 23.6 Å². The van der Waals surface area contributed by atoms with Crippen molar-refractivity contribution in [3.63, 3.8) is 0 Å². The van der Waals surface area contributed by atoms with Crippen molar-refractivity contribution >= 4 is 27.5 Å². The van der Waals surface area contributed by atoms with Gasteiger partial charge in [0.2, 0.25) is 0 Å². The van der Waals surface area contributed by atoms with E-state index in [1.807, 2.05) is 19.0 Å². The van der Waals surface area contributed by atoms with Crippen molar-refractivity contribution in [1.82, 2.24) is 30.0 Å². The average Bonchev–Trinajstić information content (AvgIpc) is 3.78. The molecule has 1 aliphatic carbocycles. The quantitative estimate of drug-likeness (QED) is 0.324. The molecule has 4 fully saturated rings. The molecule has 2 N–H and O–H groups in total. The van der Waals surface area contributed by atoms with Gasteiger partial charge in [-0.25, -0.2) is 4.39 Å². The number of phenolic OH excluding ortho intramolecular Hbond substituents is 1. The van der Waals surface area contributed by atoms with Crippen LogP contribution >= 0.6 is 0 Å². The molecular weight excluding hydrogens is 537 g/mol. The first-order valence-electron chi connectivity index (χ1n) is 15.1. The number of nitrogens with one attached hydrogen (secondary N) is 1. The number of nitrogens with zero attached hydrogens (tertiary/aromatic N) is 6. The standard InChI is InChI=1S/C31H32FN7O3/c1-4-22-24(32)8-5-18-11-21(40)12-25(26(18)22)39-29(41)27-23(14-34-39)28(38-15-19-6-7-20(38)13-33-19)36-30(35-27)42-17-31(9-10-31)16-37(2)3/h1,5,8,11-12,14,19-20,33,40H,6-7,9-10,13,15-17H2,2-3H3/i17D2. The summed E-state index contributed by atoms with van der Waals surface area (Å²) in [6, 6.07) is 5.52. The third kappa shape index (κ3) is 4.51. The van der Waals surface area contributed by atoms with E-state index in [4.69, 9.17) is 18.9 Å². The minimum Gasteiger partial charge on any atom is -0.508 e. The summed E-state index contributed by atoms with van der Waals surface area (Å²) in [5, 5.41) is 19.5. The maximum atomic E-state index is 14.8. The molecule has 4 aliphatic rings. The lowest BCUT2D eigenvalue weighted by Gasteiger charge is -2.46. The van der Waals surface area contributed by atoms with Gasteiger partial charge in [0.25, 0.3) is 5.56 Å². The summed E-state index contributed by atoms with van der Waals surface area (Å²) in [5.74, 6) is 1.99. The van der Waals surface area contributed by atoms with Crippen LogP contribution in [-0.4, -0.2) is 82.1 Å². The lowest BCUT2D eigenvalue weighted by atomic mass is 9.93. The number of phenols is 1. The number of benzene rings is 2. The summed E-state index contributed by atoms with van der Waals surface area (Å²) in [4.78, 5) is 27.4. The van der Waals surface area contributed by atoms with Gasteiger partial charge in [0.1, 0.15) is 22.9 Å². The Balaban J connectivity index is 1.43. The number of rotatable bonds is 7. The molecule has 2 unspecified atom stereocenters. The maximum absolute atomic E-state index is 14.8. The molecule has 2 aromatic heterocycles. The minimum atomic E-state index is -2.10. The van der Waals surface area contributed by atoms with Gasteiger partial charge in [0, 0.05) is 48.6 Å². The molecule has 2 atom stereocenters. The largest absolute Gasteiger partial charge is 0.508 e. The number of ether oxygens (including phenoxy) is 1. The lowest BCUT2D eigenvalue weighted by Crippen LogP contribution is -2.61. The number of halogens is 1. The van der Waals surface area contributed by atoms with Gasteiger partial charge in [-0.1, -0.05) is 12.0 Å². The lowest BCUT2D eigenvalue weighted by molar-refractivity contribution is 0.183. The third-order valence-electron chi connectivity index (χ3n) is 8.46. The van der Waals surface area contributed by atoms with Gasteiger partial charge in [-0.05, 0) is 57.3 Å². The molecule has 1 saturated carbocycles. The van der Waals surface area contributed by atoms with Crippen molar-refractivity contribution in [3.05, 3.63) is 52.2 Å². The fourth-order valence-electron chi connectivity index (χ4n) is 6.31. The molecular formula is C31H32FN7O3. The van der Waals surface area contributed by atoms with Crippen molar-refractivity contribution in [2.45, 2.75) is 37.8 Å². The molecule has 10 nitrogen and oxygen atoms in total. The maximum Gasteiger partial charge on any atom is 0.319 e. The number of terminal acetylenes is 1. The highest BCUT2D eigenvalue weighted by atomic mass is 19.1. The van der Waals surface area contributed by atoms with Gasteiger partial charge in [-0.2, -0.15) is 19.7 Å². The first kappa shape index (κ1) is 24.3. The summed E-state index contributed by atoms with van der Waals surface area (Å²) < 4.78 is 39.5. The Morgan fingerprint density at radius 3 is 2.81 bits per heavy atom. The van der Waals surface area contributed by atoms with E-state index in [1.165, 1.54) is 30.5 Å². The van der Waals surface area contributed by atoms with Crippen LogP contribution in [0.2, 0.25) is 0 Å². The Kier molecular flexibility index (Phi) is 5.75. The van der Waals surface area contributed by atoms with Gasteiger partial charge >= 0.3 is 6.01 Å². The van der Waals surface area contributed by atoms with E-state index in [1.54, 1.807) is 0 Å². The Hall–Kier alpha value is -4.27. The number of hydrogen-bond donors (Lipinski definition) is 2. The predicted molar refractivity (Wildman–Crippen MR) is 158 cm³/mol. The molecule has 3 aliphatic heterocycles. The van der Waals surface area contributed by atoms with Gasteiger partial charge in [-0.15, -0.1) is 6.42 Å². The average molecular weight is 572 g/mol. The summed E-state index contributed by atoms with van der Waals surface area (Å²) >= 11 is 0. The van der Waals surface area contributed by atoms with E-state index in [0.717, 1.165) is 24.1 Å². The zero-order valence-electron chi connectivity index (χ0n) is 25.4. The van der Waals surface area contributed by atoms with Gasteiger partial charge in [-0.3, -0.25) is 4.79 Å². The molecule has 0 radical (unpaired) electrons. The van der Waals surface area contributed by atoms with Crippen molar-refractivity contribution < 1.29 is 17.0 Å². The number of fused-ring (bicyclic) bond motifs is 5. The summed E-state index contributed by atoms with van der Waals surface area (Å²) in [5.41, 5.74) is -1.43. The monoisotopic (exact) mass is 571 g/mol. The molecule has 5 heterocycles. The Morgan fingerprint density at radius 2 is 2.14 bits per heavy atom. The van der Waals surface area contributed by atoms with E-state index < -0.39 is 23.4 Å². The first-order valence-corrected chi connectivity index (χ1v) is 14.1. The molecule has 4 aromatic rings. The van der Waals surface area contributed by atoms with Crippen LogP contribution in [0.25, 0.3) is 27.4 Å².